The summed E-state index contributed by atoms with van der Waals surface area (Å²) in [5.74, 6) is 0.0496. The van der Waals surface area contributed by atoms with E-state index in [1.807, 2.05) is 30.5 Å². The summed E-state index contributed by atoms with van der Waals surface area (Å²) in [7, 11) is 0. The number of pyridine rings is 1. The van der Waals surface area contributed by atoms with Gasteiger partial charge in [0.25, 0.3) is 0 Å². The highest BCUT2D eigenvalue weighted by molar-refractivity contribution is 5.84. The van der Waals surface area contributed by atoms with E-state index in [-0.39, 0.29) is 11.8 Å². The smallest absolute Gasteiger partial charge is 0.230 e. The zero-order valence-corrected chi connectivity index (χ0v) is 17.2. The van der Waals surface area contributed by atoms with E-state index in [1.165, 1.54) is 11.1 Å². The number of nitrogens with zero attached hydrogens (tertiary/aromatic N) is 3. The fraction of sp³-hybridized carbons (Fsp3) is 0.308. The minimum Gasteiger partial charge on any atom is -0.339 e. The molecule has 1 fully saturated rings. The van der Waals surface area contributed by atoms with Gasteiger partial charge >= 0.3 is 0 Å². The largest absolute Gasteiger partial charge is 0.339 e. The third-order valence-corrected chi connectivity index (χ3v) is 6.55. The van der Waals surface area contributed by atoms with Gasteiger partial charge in [-0.1, -0.05) is 60.7 Å². The average molecular weight is 398 g/mol. The molecule has 0 bridgehead atoms. The summed E-state index contributed by atoms with van der Waals surface area (Å²) in [6, 6.07) is 23.2. The molecule has 4 nitrogen and oxygen atoms in total. The van der Waals surface area contributed by atoms with Crippen molar-refractivity contribution in [3.8, 4) is 0 Å². The maximum absolute atomic E-state index is 13.8. The molecular formula is C26H27N3O. The van der Waals surface area contributed by atoms with Crippen molar-refractivity contribution >= 4 is 5.91 Å². The van der Waals surface area contributed by atoms with E-state index in [4.69, 9.17) is 0 Å². The van der Waals surface area contributed by atoms with Gasteiger partial charge in [0.05, 0.1) is 12.0 Å². The molecule has 3 aromatic rings. The number of hydrogen-bond acceptors (Lipinski definition) is 3. The number of hydrogen-bond donors (Lipinski definition) is 0. The summed E-state index contributed by atoms with van der Waals surface area (Å²) in [5.41, 5.74) is 5.01. The van der Waals surface area contributed by atoms with Gasteiger partial charge in [-0.25, -0.2) is 0 Å². The van der Waals surface area contributed by atoms with Gasteiger partial charge in [-0.15, -0.1) is 0 Å². The lowest BCUT2D eigenvalue weighted by Gasteiger charge is -2.45. The van der Waals surface area contributed by atoms with Crippen molar-refractivity contribution in [1.29, 1.82) is 0 Å². The Balaban J connectivity index is 1.41. The number of rotatable bonds is 4. The molecule has 0 saturated carbocycles. The second-order valence-corrected chi connectivity index (χ2v) is 8.31. The highest BCUT2D eigenvalue weighted by atomic mass is 16.2. The fourth-order valence-electron chi connectivity index (χ4n) is 4.94. The van der Waals surface area contributed by atoms with Gasteiger partial charge in [0, 0.05) is 38.6 Å². The highest BCUT2D eigenvalue weighted by Crippen LogP contribution is 2.34. The molecule has 30 heavy (non-hydrogen) atoms. The predicted molar refractivity (Wildman–Crippen MR) is 118 cm³/mol. The van der Waals surface area contributed by atoms with Gasteiger partial charge in [0.2, 0.25) is 5.91 Å². The van der Waals surface area contributed by atoms with Crippen LogP contribution in [0.15, 0.2) is 79.1 Å². The van der Waals surface area contributed by atoms with Crippen LogP contribution in [0.3, 0.4) is 0 Å². The zero-order valence-electron chi connectivity index (χ0n) is 17.2. The topological polar surface area (TPSA) is 36.4 Å². The van der Waals surface area contributed by atoms with Crippen LogP contribution >= 0.6 is 0 Å². The summed E-state index contributed by atoms with van der Waals surface area (Å²) in [6.45, 7) is 3.60. The summed E-state index contributed by atoms with van der Waals surface area (Å²) in [4.78, 5) is 22.7. The maximum Gasteiger partial charge on any atom is 0.230 e. The summed E-state index contributed by atoms with van der Waals surface area (Å²) in [6.07, 6.45) is 5.44. The van der Waals surface area contributed by atoms with Crippen molar-refractivity contribution in [3.05, 3.63) is 101 Å². The molecule has 2 atom stereocenters. The van der Waals surface area contributed by atoms with E-state index in [0.29, 0.717) is 12.5 Å². The van der Waals surface area contributed by atoms with E-state index in [1.54, 1.807) is 6.20 Å². The first kappa shape index (κ1) is 19.0. The van der Waals surface area contributed by atoms with Crippen LogP contribution in [0.1, 0.15) is 34.2 Å². The van der Waals surface area contributed by atoms with Gasteiger partial charge < -0.3 is 4.90 Å². The van der Waals surface area contributed by atoms with Crippen molar-refractivity contribution in [2.24, 2.45) is 0 Å². The van der Waals surface area contributed by atoms with Gasteiger partial charge in [-0.2, -0.15) is 0 Å². The minimum atomic E-state index is -0.180. The molecular weight excluding hydrogens is 370 g/mol. The molecule has 1 saturated heterocycles. The molecule has 0 aliphatic carbocycles. The Kier molecular flexibility index (Phi) is 5.33. The van der Waals surface area contributed by atoms with Crippen LogP contribution in [0.4, 0.5) is 0 Å². The number of benzene rings is 2. The Bertz CT molecular complexity index is 1010. The molecule has 2 aliphatic heterocycles. The summed E-state index contributed by atoms with van der Waals surface area (Å²) in [5, 5.41) is 0. The number of aromatic nitrogens is 1. The number of carbonyl (C=O) groups is 1. The fourth-order valence-corrected chi connectivity index (χ4v) is 4.94. The first-order chi connectivity index (χ1) is 14.8. The first-order valence-electron chi connectivity index (χ1n) is 10.8. The third kappa shape index (κ3) is 3.75. The lowest BCUT2D eigenvalue weighted by Crippen LogP contribution is -2.53. The maximum atomic E-state index is 13.8. The Morgan fingerprint density at radius 2 is 1.80 bits per heavy atom. The van der Waals surface area contributed by atoms with E-state index < -0.39 is 0 Å². The SMILES string of the molecule is O=C(C(Cc1cccnc1)c1ccccc1)N1CCN2CCc3ccccc3C2C1. The van der Waals surface area contributed by atoms with E-state index in [2.05, 4.69) is 57.2 Å². The van der Waals surface area contributed by atoms with Gasteiger partial charge in [-0.05, 0) is 41.2 Å². The number of amides is 1. The van der Waals surface area contributed by atoms with Crippen LogP contribution in [0.2, 0.25) is 0 Å². The molecule has 3 heterocycles. The normalized spacial score (nSPS) is 19.6. The summed E-state index contributed by atoms with van der Waals surface area (Å²) >= 11 is 0. The Morgan fingerprint density at radius 3 is 2.63 bits per heavy atom. The van der Waals surface area contributed by atoms with Crippen LogP contribution < -0.4 is 0 Å². The van der Waals surface area contributed by atoms with Crippen molar-refractivity contribution in [2.75, 3.05) is 26.2 Å². The number of piperazine rings is 1. The van der Waals surface area contributed by atoms with Crippen molar-refractivity contribution in [2.45, 2.75) is 24.8 Å². The van der Waals surface area contributed by atoms with Crippen molar-refractivity contribution < 1.29 is 4.79 Å². The summed E-state index contributed by atoms with van der Waals surface area (Å²) < 4.78 is 0. The molecule has 2 aliphatic rings. The molecule has 0 radical (unpaired) electrons. The quantitative estimate of drug-likeness (QED) is 0.671. The molecule has 0 spiro atoms. The van der Waals surface area contributed by atoms with Crippen LogP contribution in [-0.4, -0.2) is 46.9 Å². The van der Waals surface area contributed by atoms with E-state index in [0.717, 1.165) is 43.7 Å². The van der Waals surface area contributed by atoms with E-state index in [9.17, 15) is 4.79 Å². The molecule has 5 rings (SSSR count). The highest BCUT2D eigenvalue weighted by Gasteiger charge is 2.36. The number of fused-ring (bicyclic) bond motifs is 3. The van der Waals surface area contributed by atoms with Gasteiger partial charge in [-0.3, -0.25) is 14.7 Å². The van der Waals surface area contributed by atoms with Crippen molar-refractivity contribution in [3.63, 3.8) is 0 Å². The predicted octanol–water partition coefficient (Wildman–Crippen LogP) is 3.85. The minimum absolute atomic E-state index is 0.180. The van der Waals surface area contributed by atoms with Gasteiger partial charge in [0.1, 0.15) is 0 Å². The Morgan fingerprint density at radius 1 is 0.967 bits per heavy atom. The van der Waals surface area contributed by atoms with Crippen LogP contribution in [-0.2, 0) is 17.6 Å². The average Bonchev–Trinajstić information content (AvgIpc) is 2.83. The molecule has 2 unspecified atom stereocenters. The Labute approximate surface area is 178 Å². The van der Waals surface area contributed by atoms with E-state index >= 15 is 0 Å². The monoisotopic (exact) mass is 397 g/mol. The van der Waals surface area contributed by atoms with Gasteiger partial charge in [0.15, 0.2) is 0 Å². The van der Waals surface area contributed by atoms with Crippen molar-refractivity contribution in [1.82, 2.24) is 14.8 Å². The molecule has 2 aromatic carbocycles. The van der Waals surface area contributed by atoms with Crippen LogP contribution in [0.5, 0.6) is 0 Å². The van der Waals surface area contributed by atoms with Crippen LogP contribution in [0, 0.1) is 0 Å². The zero-order chi connectivity index (χ0) is 20.3. The van der Waals surface area contributed by atoms with Crippen LogP contribution in [0.25, 0.3) is 0 Å². The number of carbonyl (C=O) groups excluding carboxylic acids is 1. The molecule has 1 amide bonds. The standard InChI is InChI=1S/C26H27N3O/c30-26(24(21-8-2-1-3-9-21)17-20-7-6-13-27-18-20)29-16-15-28-14-12-22-10-4-5-11-23(22)25(28)19-29/h1-11,13,18,24-25H,12,14-17,19H2. The molecule has 1 aromatic heterocycles. The lowest BCUT2D eigenvalue weighted by atomic mass is 9.88. The second kappa shape index (κ2) is 8.41. The molecule has 0 N–H and O–H groups in total. The lowest BCUT2D eigenvalue weighted by molar-refractivity contribution is -0.136. The Hall–Kier alpha value is -2.98. The first-order valence-corrected chi connectivity index (χ1v) is 10.8. The second-order valence-electron chi connectivity index (χ2n) is 8.31. The molecule has 4 heteroatoms. The molecule has 152 valence electrons. The third-order valence-electron chi connectivity index (χ3n) is 6.55.